The fourth-order valence-corrected chi connectivity index (χ4v) is 2.09. The molecule has 5 heteroatoms. The van der Waals surface area contributed by atoms with Gasteiger partial charge in [-0.3, -0.25) is 4.79 Å². The molecule has 0 heterocycles. The summed E-state index contributed by atoms with van der Waals surface area (Å²) < 4.78 is 12.9. The number of halogens is 1. The molecular weight excluding hydrogens is 287 g/mol. The lowest BCUT2D eigenvalue weighted by molar-refractivity contribution is 0.0785. The molecule has 2 aromatic rings. The van der Waals surface area contributed by atoms with Crippen molar-refractivity contribution >= 4 is 23.1 Å². The van der Waals surface area contributed by atoms with E-state index < -0.39 is 0 Å². The number of hydrogen-bond donors (Lipinski definition) is 1. The van der Waals surface area contributed by atoms with Crippen molar-refractivity contribution in [1.29, 1.82) is 0 Å². The molecule has 2 rings (SSSR count). The van der Waals surface area contributed by atoms with Crippen molar-refractivity contribution in [2.75, 3.05) is 7.05 Å². The topological polar surface area (TPSA) is 46.3 Å². The van der Waals surface area contributed by atoms with Crippen LogP contribution in [0.15, 0.2) is 48.5 Å². The van der Waals surface area contributed by atoms with Gasteiger partial charge in [0.05, 0.1) is 0 Å². The molecule has 0 saturated heterocycles. The normalized spacial score (nSPS) is 10.2. The van der Waals surface area contributed by atoms with E-state index in [9.17, 15) is 9.18 Å². The second-order valence-electron chi connectivity index (χ2n) is 4.73. The summed E-state index contributed by atoms with van der Waals surface area (Å²) >= 11 is 4.91. The van der Waals surface area contributed by atoms with Crippen LogP contribution < -0.4 is 5.73 Å². The zero-order chi connectivity index (χ0) is 15.4. The monoisotopic (exact) mass is 302 g/mol. The number of carbonyl (C=O) groups is 1. The Bertz CT molecular complexity index is 670. The molecule has 2 N–H and O–H groups in total. The first kappa shape index (κ1) is 15.1. The fourth-order valence-electron chi connectivity index (χ4n) is 1.96. The Kier molecular flexibility index (Phi) is 4.65. The number of benzene rings is 2. The lowest BCUT2D eigenvalue weighted by Gasteiger charge is -2.17. The van der Waals surface area contributed by atoms with Gasteiger partial charge in [-0.05, 0) is 29.8 Å². The van der Waals surface area contributed by atoms with Gasteiger partial charge in [-0.15, -0.1) is 0 Å². The number of carbonyl (C=O) groups excluding carboxylic acids is 1. The Morgan fingerprint density at radius 2 is 1.81 bits per heavy atom. The van der Waals surface area contributed by atoms with Crippen LogP contribution in [0.2, 0.25) is 0 Å². The summed E-state index contributed by atoms with van der Waals surface area (Å²) in [6, 6.07) is 13.0. The van der Waals surface area contributed by atoms with Gasteiger partial charge in [0.2, 0.25) is 0 Å². The van der Waals surface area contributed by atoms with E-state index in [4.69, 9.17) is 18.0 Å². The van der Waals surface area contributed by atoms with Crippen molar-refractivity contribution in [2.45, 2.75) is 6.54 Å². The number of nitrogens with two attached hydrogens (primary N) is 1. The Hall–Kier alpha value is -2.27. The van der Waals surface area contributed by atoms with E-state index in [0.29, 0.717) is 17.7 Å². The first-order valence-electron chi connectivity index (χ1n) is 6.37. The smallest absolute Gasteiger partial charge is 0.253 e. The standard InChI is InChI=1S/C16H15FN2OS/c1-19(10-11-5-7-14(17)8-6-11)16(20)13-4-2-3-12(9-13)15(18)21/h2-9H,10H2,1H3,(H2,18,21). The minimum absolute atomic E-state index is 0.141. The van der Waals surface area contributed by atoms with Crippen LogP contribution >= 0.6 is 12.2 Å². The summed E-state index contributed by atoms with van der Waals surface area (Å²) in [5.74, 6) is -0.436. The molecule has 0 unspecified atom stereocenters. The highest BCUT2D eigenvalue weighted by atomic mass is 32.1. The molecule has 0 saturated carbocycles. The van der Waals surface area contributed by atoms with E-state index in [-0.39, 0.29) is 16.7 Å². The summed E-state index contributed by atoms with van der Waals surface area (Å²) in [6.07, 6.45) is 0. The maximum Gasteiger partial charge on any atom is 0.253 e. The van der Waals surface area contributed by atoms with Crippen molar-refractivity contribution in [3.8, 4) is 0 Å². The summed E-state index contributed by atoms with van der Waals surface area (Å²) in [5.41, 5.74) is 7.60. The van der Waals surface area contributed by atoms with Crippen LogP contribution in [0.5, 0.6) is 0 Å². The third kappa shape index (κ3) is 3.86. The molecule has 0 aromatic heterocycles. The molecule has 0 aliphatic carbocycles. The largest absolute Gasteiger partial charge is 0.389 e. The Morgan fingerprint density at radius 3 is 2.43 bits per heavy atom. The van der Waals surface area contributed by atoms with Crippen molar-refractivity contribution < 1.29 is 9.18 Å². The number of thiocarbonyl (C=S) groups is 1. The van der Waals surface area contributed by atoms with Crippen molar-refractivity contribution in [1.82, 2.24) is 4.90 Å². The molecule has 0 atom stereocenters. The highest BCUT2D eigenvalue weighted by Crippen LogP contribution is 2.11. The molecule has 0 aliphatic heterocycles. The molecule has 0 radical (unpaired) electrons. The fraction of sp³-hybridized carbons (Fsp3) is 0.125. The second-order valence-corrected chi connectivity index (χ2v) is 5.17. The van der Waals surface area contributed by atoms with Crippen LogP contribution in [0.1, 0.15) is 21.5 Å². The van der Waals surface area contributed by atoms with Crippen LogP contribution in [0.3, 0.4) is 0 Å². The van der Waals surface area contributed by atoms with Crippen LogP contribution in [0, 0.1) is 5.82 Å². The molecule has 0 fully saturated rings. The maximum absolute atomic E-state index is 12.9. The highest BCUT2D eigenvalue weighted by Gasteiger charge is 2.13. The van der Waals surface area contributed by atoms with Crippen LogP contribution in [-0.2, 0) is 6.54 Å². The van der Waals surface area contributed by atoms with Crippen molar-refractivity contribution in [3.63, 3.8) is 0 Å². The molecule has 2 aromatic carbocycles. The number of rotatable bonds is 4. The average Bonchev–Trinajstić information content (AvgIpc) is 2.49. The van der Waals surface area contributed by atoms with E-state index >= 15 is 0 Å². The van der Waals surface area contributed by atoms with E-state index in [0.717, 1.165) is 5.56 Å². The summed E-state index contributed by atoms with van der Waals surface area (Å²) in [5, 5.41) is 0. The third-order valence-electron chi connectivity index (χ3n) is 3.07. The van der Waals surface area contributed by atoms with Crippen molar-refractivity contribution in [3.05, 3.63) is 71.0 Å². The van der Waals surface area contributed by atoms with Gasteiger partial charge >= 0.3 is 0 Å². The average molecular weight is 302 g/mol. The quantitative estimate of drug-likeness (QED) is 0.883. The van der Waals surface area contributed by atoms with E-state index in [2.05, 4.69) is 0 Å². The van der Waals surface area contributed by atoms with Crippen LogP contribution in [0.25, 0.3) is 0 Å². The predicted molar refractivity (Wildman–Crippen MR) is 84.5 cm³/mol. The van der Waals surface area contributed by atoms with Gasteiger partial charge in [-0.1, -0.05) is 36.5 Å². The molecule has 21 heavy (non-hydrogen) atoms. The Labute approximate surface area is 128 Å². The maximum atomic E-state index is 12.9. The first-order chi connectivity index (χ1) is 9.97. The summed E-state index contributed by atoms with van der Waals surface area (Å²) in [6.45, 7) is 0.399. The van der Waals surface area contributed by atoms with Gasteiger partial charge in [0.25, 0.3) is 5.91 Å². The molecular formula is C16H15FN2OS. The number of amides is 1. The number of hydrogen-bond acceptors (Lipinski definition) is 2. The summed E-state index contributed by atoms with van der Waals surface area (Å²) in [7, 11) is 1.69. The van der Waals surface area contributed by atoms with E-state index in [1.807, 2.05) is 0 Å². The third-order valence-corrected chi connectivity index (χ3v) is 3.31. The van der Waals surface area contributed by atoms with Crippen LogP contribution in [-0.4, -0.2) is 22.8 Å². The molecule has 0 spiro atoms. The van der Waals surface area contributed by atoms with Gasteiger partial charge < -0.3 is 10.6 Å². The SMILES string of the molecule is CN(Cc1ccc(F)cc1)C(=O)c1cccc(C(N)=S)c1. The molecule has 108 valence electrons. The molecule has 0 bridgehead atoms. The van der Waals surface area contributed by atoms with E-state index in [1.54, 1.807) is 48.3 Å². The van der Waals surface area contributed by atoms with Crippen molar-refractivity contribution in [2.24, 2.45) is 5.73 Å². The lowest BCUT2D eigenvalue weighted by atomic mass is 10.1. The van der Waals surface area contributed by atoms with Crippen LogP contribution in [0.4, 0.5) is 4.39 Å². The Balaban J connectivity index is 2.13. The predicted octanol–water partition coefficient (Wildman–Crippen LogP) is 2.73. The Morgan fingerprint density at radius 1 is 1.19 bits per heavy atom. The van der Waals surface area contributed by atoms with Gasteiger partial charge in [-0.25, -0.2) is 4.39 Å². The van der Waals surface area contributed by atoms with Gasteiger partial charge in [0, 0.05) is 24.7 Å². The minimum Gasteiger partial charge on any atom is -0.389 e. The number of nitrogens with zero attached hydrogens (tertiary/aromatic N) is 1. The summed E-state index contributed by atoms with van der Waals surface area (Å²) in [4.78, 5) is 14.2. The van der Waals surface area contributed by atoms with Gasteiger partial charge in [0.1, 0.15) is 10.8 Å². The molecule has 0 aliphatic rings. The first-order valence-corrected chi connectivity index (χ1v) is 6.78. The minimum atomic E-state index is -0.295. The molecule has 3 nitrogen and oxygen atoms in total. The van der Waals surface area contributed by atoms with Gasteiger partial charge in [0.15, 0.2) is 0 Å². The highest BCUT2D eigenvalue weighted by molar-refractivity contribution is 7.80. The van der Waals surface area contributed by atoms with E-state index in [1.165, 1.54) is 12.1 Å². The van der Waals surface area contributed by atoms with Gasteiger partial charge in [-0.2, -0.15) is 0 Å². The zero-order valence-electron chi connectivity index (χ0n) is 11.5. The molecule has 1 amide bonds. The zero-order valence-corrected chi connectivity index (χ0v) is 12.4. The second kappa shape index (κ2) is 6.45. The lowest BCUT2D eigenvalue weighted by Crippen LogP contribution is -2.26.